The van der Waals surface area contributed by atoms with Crippen LogP contribution in [-0.4, -0.2) is 29.5 Å². The molecule has 1 unspecified atom stereocenters. The summed E-state index contributed by atoms with van der Waals surface area (Å²) >= 11 is 1.36. The van der Waals surface area contributed by atoms with Gasteiger partial charge in [-0.25, -0.2) is 15.0 Å². The summed E-state index contributed by atoms with van der Waals surface area (Å²) in [6, 6.07) is 0. The lowest BCUT2D eigenvalue weighted by atomic mass is 10.2. The van der Waals surface area contributed by atoms with Gasteiger partial charge in [0.25, 0.3) is 0 Å². The molecule has 0 saturated carbocycles. The number of rotatable bonds is 11. The summed E-state index contributed by atoms with van der Waals surface area (Å²) in [5.74, 6) is -0.139. The predicted octanol–water partition coefficient (Wildman–Crippen LogP) is 5.51. The number of hydrogen-bond donors (Lipinski definition) is 1. The molecule has 0 spiro atoms. The Labute approximate surface area is 156 Å². The van der Waals surface area contributed by atoms with E-state index in [4.69, 9.17) is 0 Å². The highest BCUT2D eigenvalue weighted by molar-refractivity contribution is 8.13. The highest BCUT2D eigenvalue weighted by Gasteiger charge is 2.18. The summed E-state index contributed by atoms with van der Waals surface area (Å²) in [6.45, 7) is 15.9. The van der Waals surface area contributed by atoms with Gasteiger partial charge in [-0.3, -0.25) is 0 Å². The molecule has 0 bridgehead atoms. The van der Waals surface area contributed by atoms with Gasteiger partial charge in [-0.15, -0.1) is 11.8 Å². The zero-order valence-corrected chi connectivity index (χ0v) is 16.9. The van der Waals surface area contributed by atoms with Gasteiger partial charge in [-0.2, -0.15) is 4.39 Å². The molecule has 1 N–H and O–H groups in total. The Morgan fingerprint density at radius 3 is 2.48 bits per heavy atom. The van der Waals surface area contributed by atoms with Gasteiger partial charge < -0.3 is 5.32 Å². The van der Waals surface area contributed by atoms with Gasteiger partial charge in [0, 0.05) is 12.3 Å². The molecule has 6 heteroatoms. The Morgan fingerprint density at radius 1 is 1.28 bits per heavy atom. The molecule has 0 aliphatic carbocycles. The molecule has 0 aliphatic rings. The van der Waals surface area contributed by atoms with E-state index in [1.165, 1.54) is 11.8 Å². The average Bonchev–Trinajstić information content (AvgIpc) is 2.59. The molecule has 140 valence electrons. The minimum atomic E-state index is -0.556. The summed E-state index contributed by atoms with van der Waals surface area (Å²) in [6.07, 6.45) is 8.23. The molecule has 0 aromatic carbocycles. The van der Waals surface area contributed by atoms with E-state index < -0.39 is 11.9 Å². The SMILES string of the molecule is C=CC(C)=NC(=C)N=C(SC)C(C)C(F)=N/C(=C\CC)NCCCC. The lowest BCUT2D eigenvalue weighted by Crippen LogP contribution is -2.19. The van der Waals surface area contributed by atoms with Crippen molar-refractivity contribution in [2.75, 3.05) is 12.8 Å². The number of aliphatic imine (C=N–C) groups is 3. The van der Waals surface area contributed by atoms with E-state index in [-0.39, 0.29) is 0 Å². The molecule has 4 nitrogen and oxygen atoms in total. The number of halogens is 1. The van der Waals surface area contributed by atoms with Crippen molar-refractivity contribution < 1.29 is 4.39 Å². The lowest BCUT2D eigenvalue weighted by Gasteiger charge is -2.12. The molecule has 0 saturated heterocycles. The Bertz CT molecular complexity index is 562. The molecule has 0 fully saturated rings. The van der Waals surface area contributed by atoms with Crippen molar-refractivity contribution in [2.45, 2.75) is 47.0 Å². The Kier molecular flexibility index (Phi) is 12.7. The van der Waals surface area contributed by atoms with Crippen LogP contribution in [0.5, 0.6) is 0 Å². The molecule has 0 aromatic rings. The van der Waals surface area contributed by atoms with Crippen molar-refractivity contribution in [3.05, 3.63) is 37.0 Å². The van der Waals surface area contributed by atoms with Crippen LogP contribution in [0.25, 0.3) is 0 Å². The zero-order valence-electron chi connectivity index (χ0n) is 16.1. The van der Waals surface area contributed by atoms with Crippen molar-refractivity contribution in [3.8, 4) is 0 Å². The van der Waals surface area contributed by atoms with E-state index in [0.717, 1.165) is 25.8 Å². The van der Waals surface area contributed by atoms with E-state index in [1.54, 1.807) is 13.0 Å². The molecule has 0 radical (unpaired) electrons. The fraction of sp³-hybridized carbons (Fsp3) is 0.526. The van der Waals surface area contributed by atoms with Crippen molar-refractivity contribution in [3.63, 3.8) is 0 Å². The highest BCUT2D eigenvalue weighted by atomic mass is 32.2. The van der Waals surface area contributed by atoms with Crippen LogP contribution < -0.4 is 5.32 Å². The smallest absolute Gasteiger partial charge is 0.200 e. The monoisotopic (exact) mass is 366 g/mol. The van der Waals surface area contributed by atoms with Crippen molar-refractivity contribution in [1.82, 2.24) is 5.32 Å². The van der Waals surface area contributed by atoms with Crippen LogP contribution >= 0.6 is 11.8 Å². The van der Waals surface area contributed by atoms with E-state index in [1.807, 2.05) is 26.2 Å². The first-order valence-electron chi connectivity index (χ1n) is 8.56. The molecule has 0 rings (SSSR count). The third kappa shape index (κ3) is 10.0. The van der Waals surface area contributed by atoms with Gasteiger partial charge in [-0.1, -0.05) is 33.4 Å². The number of unbranched alkanes of at least 4 members (excludes halogenated alkanes) is 1. The van der Waals surface area contributed by atoms with Crippen LogP contribution in [0.3, 0.4) is 0 Å². The quantitative estimate of drug-likeness (QED) is 0.298. The first-order chi connectivity index (χ1) is 11.9. The third-order valence-electron chi connectivity index (χ3n) is 3.24. The molecule has 25 heavy (non-hydrogen) atoms. The highest BCUT2D eigenvalue weighted by Crippen LogP contribution is 2.17. The summed E-state index contributed by atoms with van der Waals surface area (Å²) in [4.78, 5) is 12.6. The number of nitrogens with one attached hydrogen (secondary N) is 1. The van der Waals surface area contributed by atoms with Gasteiger partial charge in [0.2, 0.25) is 0 Å². The van der Waals surface area contributed by atoms with Crippen LogP contribution in [0, 0.1) is 5.92 Å². The van der Waals surface area contributed by atoms with Crippen LogP contribution in [-0.2, 0) is 0 Å². The second kappa shape index (κ2) is 13.6. The zero-order chi connectivity index (χ0) is 19.2. The van der Waals surface area contributed by atoms with Gasteiger partial charge in [0.15, 0.2) is 5.97 Å². The third-order valence-corrected chi connectivity index (χ3v) is 4.10. The summed E-state index contributed by atoms with van der Waals surface area (Å²) in [5.41, 5.74) is 0.712. The fourth-order valence-electron chi connectivity index (χ4n) is 1.78. The molecular formula is C19H31FN4S. The maximum Gasteiger partial charge on any atom is 0.200 e. The normalized spacial score (nSPS) is 15.1. The molecule has 1 atom stereocenters. The second-order valence-corrected chi connectivity index (χ2v) is 6.29. The van der Waals surface area contributed by atoms with Crippen LogP contribution in [0.4, 0.5) is 4.39 Å². The van der Waals surface area contributed by atoms with Crippen LogP contribution in [0.2, 0.25) is 0 Å². The largest absolute Gasteiger partial charge is 0.370 e. The van der Waals surface area contributed by atoms with Crippen LogP contribution in [0.15, 0.2) is 51.9 Å². The standard InChI is InChI=1S/C19H31FN4S/c1-8-11-13-21-17(12-9-2)24-18(20)15(5)19(25-7)23-16(6)22-14(4)10-3/h10,12,15,21H,3,6,8-9,11,13H2,1-2,4-5,7H3/b17-12-,22-14?,23-19?,24-18?. The summed E-state index contributed by atoms with van der Waals surface area (Å²) in [5, 5.41) is 3.76. The first-order valence-corrected chi connectivity index (χ1v) is 9.79. The maximum absolute atomic E-state index is 14.6. The number of nitrogens with zero attached hydrogens (tertiary/aromatic N) is 3. The van der Waals surface area contributed by atoms with E-state index in [9.17, 15) is 4.39 Å². The second-order valence-electron chi connectivity index (χ2n) is 5.46. The van der Waals surface area contributed by atoms with Crippen LogP contribution in [0.1, 0.15) is 47.0 Å². The molecular weight excluding hydrogens is 335 g/mol. The predicted molar refractivity (Wildman–Crippen MR) is 112 cm³/mol. The van der Waals surface area contributed by atoms with Gasteiger partial charge in [0.1, 0.15) is 11.6 Å². The number of allylic oxidation sites excluding steroid dienone is 2. The maximum atomic E-state index is 14.6. The Balaban J connectivity index is 5.28. The summed E-state index contributed by atoms with van der Waals surface area (Å²) < 4.78 is 14.6. The number of hydrogen-bond acceptors (Lipinski definition) is 5. The Morgan fingerprint density at radius 2 is 1.96 bits per heavy atom. The summed E-state index contributed by atoms with van der Waals surface area (Å²) in [7, 11) is 0. The minimum absolute atomic E-state index is 0.326. The van der Waals surface area contributed by atoms with Crippen molar-refractivity contribution in [1.29, 1.82) is 0 Å². The minimum Gasteiger partial charge on any atom is -0.370 e. The van der Waals surface area contributed by atoms with Gasteiger partial charge in [0.05, 0.1) is 11.0 Å². The van der Waals surface area contributed by atoms with Crippen molar-refractivity contribution in [2.24, 2.45) is 20.9 Å². The molecule has 0 aromatic heterocycles. The van der Waals surface area contributed by atoms with Crippen molar-refractivity contribution >= 4 is 28.5 Å². The van der Waals surface area contributed by atoms with Gasteiger partial charge >= 0.3 is 0 Å². The fourth-order valence-corrected chi connectivity index (χ4v) is 2.43. The lowest BCUT2D eigenvalue weighted by molar-refractivity contribution is 0.686. The molecule has 0 heterocycles. The molecule has 0 aliphatic heterocycles. The van der Waals surface area contributed by atoms with E-state index >= 15 is 0 Å². The van der Waals surface area contributed by atoms with Gasteiger partial charge in [-0.05, 0) is 45.1 Å². The van der Waals surface area contributed by atoms with E-state index in [0.29, 0.717) is 22.4 Å². The van der Waals surface area contributed by atoms with E-state index in [2.05, 4.69) is 40.4 Å². The Hall–Kier alpha value is -1.69. The molecule has 0 amide bonds. The number of thioether (sulfide) groups is 1. The topological polar surface area (TPSA) is 49.1 Å². The average molecular weight is 367 g/mol. The first kappa shape index (κ1) is 23.3.